The summed E-state index contributed by atoms with van der Waals surface area (Å²) in [5.41, 5.74) is 3.04. The maximum atomic E-state index is 5.74. The van der Waals surface area contributed by atoms with Crippen molar-refractivity contribution < 1.29 is 0 Å². The van der Waals surface area contributed by atoms with Crippen molar-refractivity contribution in [3.8, 4) is 0 Å². The molecule has 0 saturated heterocycles. The number of nitrogens with one attached hydrogen (secondary N) is 1. The Morgan fingerprint density at radius 2 is 2.41 bits per heavy atom. The summed E-state index contributed by atoms with van der Waals surface area (Å²) < 4.78 is 1.19. The highest BCUT2D eigenvalue weighted by Crippen LogP contribution is 2.36. The molecule has 1 aromatic heterocycles. The van der Waals surface area contributed by atoms with Crippen LogP contribution in [0.1, 0.15) is 37.5 Å². The van der Waals surface area contributed by atoms with Crippen molar-refractivity contribution in [2.75, 3.05) is 0 Å². The van der Waals surface area contributed by atoms with E-state index in [1.165, 1.54) is 35.0 Å². The number of halogens is 1. The Kier molecular flexibility index (Phi) is 5.03. The SMILES string of the molecule is CCC1CCC(C(Cc2cc(Br)cs2)NN)C1. The summed E-state index contributed by atoms with van der Waals surface area (Å²) >= 11 is 5.32. The number of rotatable bonds is 5. The van der Waals surface area contributed by atoms with Gasteiger partial charge in [0.15, 0.2) is 0 Å². The van der Waals surface area contributed by atoms with Gasteiger partial charge in [0.2, 0.25) is 0 Å². The lowest BCUT2D eigenvalue weighted by Gasteiger charge is -2.22. The van der Waals surface area contributed by atoms with Crippen LogP contribution in [0.4, 0.5) is 0 Å². The fourth-order valence-corrected chi connectivity index (χ4v) is 4.40. The van der Waals surface area contributed by atoms with Crippen molar-refractivity contribution in [2.45, 2.75) is 45.1 Å². The van der Waals surface area contributed by atoms with E-state index in [2.05, 4.69) is 39.7 Å². The maximum absolute atomic E-state index is 5.74. The number of thiophene rings is 1. The van der Waals surface area contributed by atoms with Crippen LogP contribution in [0, 0.1) is 11.8 Å². The predicted octanol–water partition coefficient (Wildman–Crippen LogP) is 3.71. The summed E-state index contributed by atoms with van der Waals surface area (Å²) in [4.78, 5) is 1.42. The largest absolute Gasteiger partial charge is 0.271 e. The van der Waals surface area contributed by atoms with E-state index in [-0.39, 0.29) is 0 Å². The molecular weight excluding hydrogens is 296 g/mol. The van der Waals surface area contributed by atoms with Crippen molar-refractivity contribution in [2.24, 2.45) is 17.7 Å². The first-order valence-electron chi connectivity index (χ1n) is 6.42. The van der Waals surface area contributed by atoms with Gasteiger partial charge in [0, 0.05) is 20.8 Å². The second kappa shape index (κ2) is 6.32. The molecule has 2 nitrogen and oxygen atoms in total. The first-order chi connectivity index (χ1) is 8.22. The third kappa shape index (κ3) is 3.53. The molecule has 4 heteroatoms. The molecule has 1 fully saturated rings. The minimum Gasteiger partial charge on any atom is -0.271 e. The summed E-state index contributed by atoms with van der Waals surface area (Å²) in [6.07, 6.45) is 6.44. The molecule has 1 aliphatic rings. The Morgan fingerprint density at radius 1 is 1.59 bits per heavy atom. The van der Waals surface area contributed by atoms with Crippen LogP contribution in [-0.2, 0) is 6.42 Å². The van der Waals surface area contributed by atoms with Crippen LogP contribution in [0.3, 0.4) is 0 Å². The molecular formula is C13H21BrN2S. The molecule has 0 spiro atoms. The fraction of sp³-hybridized carbons (Fsp3) is 0.692. The molecule has 0 aliphatic heterocycles. The van der Waals surface area contributed by atoms with Crippen molar-refractivity contribution in [3.63, 3.8) is 0 Å². The second-order valence-corrected chi connectivity index (χ2v) is 6.97. The second-order valence-electron chi connectivity index (χ2n) is 5.06. The Balaban J connectivity index is 1.93. The van der Waals surface area contributed by atoms with Crippen LogP contribution in [0.25, 0.3) is 0 Å². The summed E-state index contributed by atoms with van der Waals surface area (Å²) in [6.45, 7) is 2.30. The van der Waals surface area contributed by atoms with E-state index in [9.17, 15) is 0 Å². The summed E-state index contributed by atoms with van der Waals surface area (Å²) in [7, 11) is 0. The molecule has 0 aromatic carbocycles. The molecule has 1 saturated carbocycles. The molecule has 1 heterocycles. The minimum atomic E-state index is 0.442. The molecule has 3 atom stereocenters. The highest BCUT2D eigenvalue weighted by atomic mass is 79.9. The standard InChI is InChI=1S/C13H21BrN2S/c1-2-9-3-4-10(5-9)13(16-15)7-12-6-11(14)8-17-12/h6,8-10,13,16H,2-5,7,15H2,1H3. The smallest absolute Gasteiger partial charge is 0.0287 e. The van der Waals surface area contributed by atoms with Gasteiger partial charge in [-0.3, -0.25) is 11.3 Å². The normalized spacial score (nSPS) is 26.3. The number of nitrogens with two attached hydrogens (primary N) is 1. The first-order valence-corrected chi connectivity index (χ1v) is 8.09. The zero-order valence-corrected chi connectivity index (χ0v) is 12.7. The van der Waals surface area contributed by atoms with Crippen molar-refractivity contribution >= 4 is 27.3 Å². The zero-order chi connectivity index (χ0) is 12.3. The van der Waals surface area contributed by atoms with Crippen LogP contribution in [0.5, 0.6) is 0 Å². The minimum absolute atomic E-state index is 0.442. The molecule has 3 N–H and O–H groups in total. The topological polar surface area (TPSA) is 38.0 Å². The summed E-state index contributed by atoms with van der Waals surface area (Å²) in [5, 5.41) is 2.15. The Labute approximate surface area is 116 Å². The van der Waals surface area contributed by atoms with Gasteiger partial charge >= 0.3 is 0 Å². The average Bonchev–Trinajstić information content (AvgIpc) is 2.94. The maximum Gasteiger partial charge on any atom is 0.0287 e. The molecule has 0 radical (unpaired) electrons. The lowest BCUT2D eigenvalue weighted by molar-refractivity contribution is 0.349. The van der Waals surface area contributed by atoms with Gasteiger partial charge in [0.1, 0.15) is 0 Å². The van der Waals surface area contributed by atoms with Crippen molar-refractivity contribution in [1.82, 2.24) is 5.43 Å². The van der Waals surface area contributed by atoms with E-state index in [0.29, 0.717) is 6.04 Å². The van der Waals surface area contributed by atoms with E-state index in [1.807, 2.05) is 11.3 Å². The summed E-state index contributed by atoms with van der Waals surface area (Å²) in [6, 6.07) is 2.65. The van der Waals surface area contributed by atoms with Crippen molar-refractivity contribution in [1.29, 1.82) is 0 Å². The lowest BCUT2D eigenvalue weighted by Crippen LogP contribution is -2.41. The van der Waals surface area contributed by atoms with E-state index >= 15 is 0 Å². The molecule has 2 rings (SSSR count). The highest BCUT2D eigenvalue weighted by Gasteiger charge is 2.29. The van der Waals surface area contributed by atoms with Gasteiger partial charge in [0.25, 0.3) is 0 Å². The molecule has 17 heavy (non-hydrogen) atoms. The predicted molar refractivity (Wildman–Crippen MR) is 78.0 cm³/mol. The monoisotopic (exact) mass is 316 g/mol. The molecule has 1 aromatic rings. The molecule has 96 valence electrons. The molecule has 1 aliphatic carbocycles. The Morgan fingerprint density at radius 3 is 2.94 bits per heavy atom. The number of hydrazine groups is 1. The number of hydrogen-bond acceptors (Lipinski definition) is 3. The third-order valence-corrected chi connectivity index (χ3v) is 5.71. The van der Waals surface area contributed by atoms with Crippen LogP contribution in [-0.4, -0.2) is 6.04 Å². The van der Waals surface area contributed by atoms with Crippen LogP contribution in [0.2, 0.25) is 0 Å². The average molecular weight is 317 g/mol. The van der Waals surface area contributed by atoms with Gasteiger partial charge in [-0.25, -0.2) is 0 Å². The summed E-state index contributed by atoms with van der Waals surface area (Å²) in [5.74, 6) is 7.41. The highest BCUT2D eigenvalue weighted by molar-refractivity contribution is 9.10. The van der Waals surface area contributed by atoms with E-state index in [1.54, 1.807) is 0 Å². The van der Waals surface area contributed by atoms with Crippen LogP contribution >= 0.6 is 27.3 Å². The van der Waals surface area contributed by atoms with E-state index < -0.39 is 0 Å². The van der Waals surface area contributed by atoms with Gasteiger partial charge in [-0.05, 0) is 53.1 Å². The number of hydrogen-bond donors (Lipinski definition) is 2. The van der Waals surface area contributed by atoms with E-state index in [0.717, 1.165) is 18.3 Å². The fourth-order valence-electron chi connectivity index (χ4n) is 2.89. The van der Waals surface area contributed by atoms with Gasteiger partial charge in [-0.2, -0.15) is 0 Å². The van der Waals surface area contributed by atoms with Crippen LogP contribution < -0.4 is 11.3 Å². The van der Waals surface area contributed by atoms with E-state index in [4.69, 9.17) is 5.84 Å². The molecule has 0 bridgehead atoms. The lowest BCUT2D eigenvalue weighted by atomic mass is 9.93. The van der Waals surface area contributed by atoms with Gasteiger partial charge < -0.3 is 0 Å². The molecule has 0 amide bonds. The Hall–Kier alpha value is 0.1000. The van der Waals surface area contributed by atoms with Gasteiger partial charge in [-0.1, -0.05) is 19.8 Å². The van der Waals surface area contributed by atoms with Crippen LogP contribution in [0.15, 0.2) is 15.9 Å². The first kappa shape index (κ1) is 13.5. The zero-order valence-electron chi connectivity index (χ0n) is 10.3. The Bertz CT molecular complexity index is 353. The van der Waals surface area contributed by atoms with Gasteiger partial charge in [0.05, 0.1) is 0 Å². The quantitative estimate of drug-likeness (QED) is 0.642. The van der Waals surface area contributed by atoms with Gasteiger partial charge in [-0.15, -0.1) is 11.3 Å². The molecule has 3 unspecified atom stereocenters. The third-order valence-electron chi connectivity index (χ3n) is 3.99. The van der Waals surface area contributed by atoms with Crippen molar-refractivity contribution in [3.05, 3.63) is 20.8 Å².